The number of rotatable bonds is 0. The highest BCUT2D eigenvalue weighted by molar-refractivity contribution is 5.12. The second kappa shape index (κ2) is 22.4. The normalized spacial score (nSPS) is 13.1. The zero-order chi connectivity index (χ0) is 24.8. The van der Waals surface area contributed by atoms with Crippen LogP contribution >= 0.6 is 0 Å². The molecule has 0 amide bonds. The van der Waals surface area contributed by atoms with Crippen molar-refractivity contribution >= 4 is 0 Å². The summed E-state index contributed by atoms with van der Waals surface area (Å²) in [6.45, 7) is 26.2. The van der Waals surface area contributed by atoms with Gasteiger partial charge in [0.1, 0.15) is 0 Å². The van der Waals surface area contributed by atoms with Crippen molar-refractivity contribution in [3.05, 3.63) is 73.3 Å². The first-order valence-corrected chi connectivity index (χ1v) is 11.6. The Morgan fingerprint density at radius 3 is 0.812 bits per heavy atom. The number of hydrogen-bond acceptors (Lipinski definition) is 1. The van der Waals surface area contributed by atoms with Crippen LogP contribution in [0.25, 0.3) is 0 Å². The quantitative estimate of drug-likeness (QED) is 0.386. The SMILES string of the molecule is C.C1=CCC=C1.C1=CCCC=C1.CC(C)(C)C.CC(C)(C)C.CC(C)(C)C.c1ccoc1. The maximum Gasteiger partial charge on any atom is 0.0902 e. The molecule has 1 heterocycles. The van der Waals surface area contributed by atoms with Crippen molar-refractivity contribution in [2.45, 2.75) is 110 Å². The lowest BCUT2D eigenvalue weighted by Gasteiger charge is -2.05. The van der Waals surface area contributed by atoms with Gasteiger partial charge in [-0.1, -0.05) is 139 Å². The van der Waals surface area contributed by atoms with Gasteiger partial charge in [-0.3, -0.25) is 0 Å². The van der Waals surface area contributed by atoms with E-state index in [1.165, 1.54) is 12.8 Å². The van der Waals surface area contributed by atoms with E-state index in [2.05, 4.69) is 136 Å². The summed E-state index contributed by atoms with van der Waals surface area (Å²) in [6, 6.07) is 3.67. The Bertz CT molecular complexity index is 476. The van der Waals surface area contributed by atoms with E-state index in [4.69, 9.17) is 0 Å². The molecular formula is C31H58O. The van der Waals surface area contributed by atoms with E-state index in [1.807, 2.05) is 12.1 Å². The molecule has 2 aliphatic carbocycles. The standard InChI is InChI=1S/C6H8.C5H6.3C5H12.C4H4O.CH4/c1-2-4-6-5-3-1;1-2-4-5-3-1;3*1-5(2,3)4;1-2-4-5-3-1;/h1-4H,5-6H2;1-4H,5H2;3*1-4H3;1-4H;1H4. The maximum absolute atomic E-state index is 4.58. The molecule has 0 spiro atoms. The summed E-state index contributed by atoms with van der Waals surface area (Å²) in [6.07, 6.45) is 23.8. The molecule has 0 aromatic carbocycles. The predicted molar refractivity (Wildman–Crippen MR) is 151 cm³/mol. The van der Waals surface area contributed by atoms with Crippen LogP contribution in [0.15, 0.2) is 77.7 Å². The molecule has 188 valence electrons. The molecule has 32 heavy (non-hydrogen) atoms. The summed E-state index contributed by atoms with van der Waals surface area (Å²) in [7, 11) is 0. The molecule has 0 aliphatic heterocycles. The fourth-order valence-corrected chi connectivity index (χ4v) is 1.16. The van der Waals surface area contributed by atoms with E-state index >= 15 is 0 Å². The molecule has 1 heteroatoms. The molecule has 0 saturated heterocycles. The molecule has 0 atom stereocenters. The van der Waals surface area contributed by atoms with Crippen LogP contribution in [0.1, 0.15) is 110 Å². The van der Waals surface area contributed by atoms with Gasteiger partial charge in [0, 0.05) is 0 Å². The third-order valence-electron chi connectivity index (χ3n) is 1.96. The van der Waals surface area contributed by atoms with Gasteiger partial charge in [-0.15, -0.1) is 0 Å². The highest BCUT2D eigenvalue weighted by atomic mass is 16.3. The maximum atomic E-state index is 4.58. The van der Waals surface area contributed by atoms with E-state index in [0.717, 1.165) is 6.42 Å². The Balaban J connectivity index is -0.000000146. The minimum atomic E-state index is 0. The Morgan fingerprint density at radius 2 is 0.719 bits per heavy atom. The van der Waals surface area contributed by atoms with Gasteiger partial charge >= 0.3 is 0 Å². The van der Waals surface area contributed by atoms with Crippen LogP contribution in [-0.4, -0.2) is 0 Å². The van der Waals surface area contributed by atoms with Crippen molar-refractivity contribution in [2.24, 2.45) is 16.2 Å². The minimum Gasteiger partial charge on any atom is -0.473 e. The Morgan fingerprint density at radius 1 is 0.469 bits per heavy atom. The molecule has 0 radical (unpaired) electrons. The first-order valence-electron chi connectivity index (χ1n) is 11.6. The average Bonchev–Trinajstić information content (AvgIpc) is 3.31. The van der Waals surface area contributed by atoms with E-state index in [-0.39, 0.29) is 7.43 Å². The smallest absolute Gasteiger partial charge is 0.0902 e. The lowest BCUT2D eigenvalue weighted by Crippen LogP contribution is -1.93. The average molecular weight is 447 g/mol. The Kier molecular flexibility index (Phi) is 26.3. The van der Waals surface area contributed by atoms with Gasteiger partial charge in [-0.25, -0.2) is 0 Å². The topological polar surface area (TPSA) is 13.1 Å². The third kappa shape index (κ3) is 103. The summed E-state index contributed by atoms with van der Waals surface area (Å²) < 4.78 is 4.58. The van der Waals surface area contributed by atoms with Crippen LogP contribution in [-0.2, 0) is 0 Å². The van der Waals surface area contributed by atoms with Crippen LogP contribution in [0.4, 0.5) is 0 Å². The monoisotopic (exact) mass is 446 g/mol. The van der Waals surface area contributed by atoms with Crippen molar-refractivity contribution in [2.75, 3.05) is 0 Å². The highest BCUT2D eigenvalue weighted by Gasteiger charge is 1.96. The van der Waals surface area contributed by atoms with Crippen molar-refractivity contribution in [3.8, 4) is 0 Å². The minimum absolute atomic E-state index is 0. The fourth-order valence-electron chi connectivity index (χ4n) is 1.16. The van der Waals surface area contributed by atoms with Gasteiger partial charge in [0.15, 0.2) is 0 Å². The van der Waals surface area contributed by atoms with Crippen LogP contribution in [0.5, 0.6) is 0 Å². The van der Waals surface area contributed by atoms with Gasteiger partial charge in [0.05, 0.1) is 12.5 Å². The Labute approximate surface area is 203 Å². The largest absolute Gasteiger partial charge is 0.473 e. The van der Waals surface area contributed by atoms with Crippen molar-refractivity contribution in [1.29, 1.82) is 0 Å². The lowest BCUT2D eigenvalue weighted by atomic mass is 10.0. The molecule has 1 nitrogen and oxygen atoms in total. The van der Waals surface area contributed by atoms with Gasteiger partial charge in [0.25, 0.3) is 0 Å². The summed E-state index contributed by atoms with van der Waals surface area (Å²) in [4.78, 5) is 0. The van der Waals surface area contributed by atoms with Gasteiger partial charge in [-0.05, 0) is 47.6 Å². The van der Waals surface area contributed by atoms with Crippen LogP contribution < -0.4 is 0 Å². The van der Waals surface area contributed by atoms with Crippen LogP contribution in [0.2, 0.25) is 0 Å². The first-order chi connectivity index (χ1) is 14.0. The molecular weight excluding hydrogens is 388 g/mol. The lowest BCUT2D eigenvalue weighted by molar-refractivity contribution is 0.469. The van der Waals surface area contributed by atoms with E-state index < -0.39 is 0 Å². The molecule has 3 rings (SSSR count). The number of hydrogen-bond donors (Lipinski definition) is 0. The highest BCUT2D eigenvalue weighted by Crippen LogP contribution is 2.09. The molecule has 2 aliphatic rings. The summed E-state index contributed by atoms with van der Waals surface area (Å²) in [5, 5.41) is 0. The summed E-state index contributed by atoms with van der Waals surface area (Å²) in [5.41, 5.74) is 1.50. The molecule has 0 fully saturated rings. The molecule has 0 unspecified atom stereocenters. The second-order valence-electron chi connectivity index (χ2n) is 12.3. The van der Waals surface area contributed by atoms with Crippen molar-refractivity contribution in [3.63, 3.8) is 0 Å². The van der Waals surface area contributed by atoms with E-state index in [1.54, 1.807) is 12.5 Å². The van der Waals surface area contributed by atoms with Crippen LogP contribution in [0, 0.1) is 16.2 Å². The molecule has 0 bridgehead atoms. The van der Waals surface area contributed by atoms with Gasteiger partial charge in [0.2, 0.25) is 0 Å². The predicted octanol–water partition coefficient (Wildman–Crippen LogP) is 11.5. The number of furan rings is 1. The zero-order valence-corrected chi connectivity index (χ0v) is 23.0. The van der Waals surface area contributed by atoms with E-state index in [0.29, 0.717) is 16.2 Å². The third-order valence-corrected chi connectivity index (χ3v) is 1.96. The fraction of sp³-hybridized carbons (Fsp3) is 0.613. The first kappa shape index (κ1) is 37.5. The van der Waals surface area contributed by atoms with Crippen molar-refractivity contribution < 1.29 is 4.42 Å². The zero-order valence-electron chi connectivity index (χ0n) is 23.0. The number of allylic oxidation sites excluding steroid dienone is 8. The van der Waals surface area contributed by atoms with Crippen LogP contribution in [0.3, 0.4) is 0 Å². The summed E-state index contributed by atoms with van der Waals surface area (Å²) in [5.74, 6) is 0. The molecule has 0 N–H and O–H groups in total. The summed E-state index contributed by atoms with van der Waals surface area (Å²) >= 11 is 0. The molecule has 0 saturated carbocycles. The van der Waals surface area contributed by atoms with Crippen molar-refractivity contribution in [1.82, 2.24) is 0 Å². The van der Waals surface area contributed by atoms with Gasteiger partial charge in [-0.2, -0.15) is 0 Å². The molecule has 1 aromatic rings. The Hall–Kier alpha value is -1.76. The molecule has 1 aromatic heterocycles. The van der Waals surface area contributed by atoms with E-state index in [9.17, 15) is 0 Å². The second-order valence-corrected chi connectivity index (χ2v) is 12.3. The van der Waals surface area contributed by atoms with Gasteiger partial charge < -0.3 is 4.42 Å².